The molecule has 0 spiro atoms. The van der Waals surface area contributed by atoms with E-state index in [2.05, 4.69) is 170 Å². The van der Waals surface area contributed by atoms with Crippen LogP contribution in [0.25, 0.3) is 53.2 Å². The summed E-state index contributed by atoms with van der Waals surface area (Å²) in [4.78, 5) is 2.35. The van der Waals surface area contributed by atoms with Gasteiger partial charge < -0.3 is 4.90 Å². The van der Waals surface area contributed by atoms with Crippen molar-refractivity contribution in [3.63, 3.8) is 0 Å². The van der Waals surface area contributed by atoms with Gasteiger partial charge in [-0.3, -0.25) is 0 Å². The monoisotopic (exact) mass is 593 g/mol. The molecule has 214 valence electrons. The van der Waals surface area contributed by atoms with E-state index in [0.29, 0.717) is 0 Å². The van der Waals surface area contributed by atoms with Crippen LogP contribution < -0.4 is 4.90 Å². The zero-order chi connectivity index (χ0) is 30.1. The molecule has 0 atom stereocenters. The molecule has 1 heterocycles. The summed E-state index contributed by atoms with van der Waals surface area (Å²) in [7, 11) is 0. The molecule has 0 bridgehead atoms. The number of fused-ring (bicyclic) bond motifs is 8. The lowest BCUT2D eigenvalue weighted by Gasteiger charge is -2.26. The van der Waals surface area contributed by atoms with Crippen LogP contribution in [0.3, 0.4) is 0 Å². The summed E-state index contributed by atoms with van der Waals surface area (Å²) in [6.45, 7) is 4.72. The number of benzene rings is 7. The lowest BCUT2D eigenvalue weighted by Crippen LogP contribution is -2.14. The van der Waals surface area contributed by atoms with Gasteiger partial charge in [0, 0.05) is 48.2 Å². The molecule has 0 saturated carbocycles. The van der Waals surface area contributed by atoms with E-state index in [4.69, 9.17) is 0 Å². The van der Waals surface area contributed by atoms with E-state index in [9.17, 15) is 0 Å². The highest BCUT2D eigenvalue weighted by Gasteiger charge is 2.36. The molecule has 0 fully saturated rings. The third-order valence-corrected chi connectivity index (χ3v) is 10.9. The molecule has 0 radical (unpaired) electrons. The van der Waals surface area contributed by atoms with Crippen molar-refractivity contribution in [2.24, 2.45) is 0 Å². The standard InChI is InChI=1S/C43H31NS/c1-43(2)38-18-9-8-15-37(38)40-39(43)26-25-36-35-17-10-16-34(41(35)45-42(36)40)29-20-22-32(23-21-29)44(31-13-4-3-5-14-31)33-24-19-28-11-6-7-12-30(28)27-33/h3-27H,1-2H3. The molecule has 1 aromatic heterocycles. The van der Waals surface area contributed by atoms with Gasteiger partial charge in [0.25, 0.3) is 0 Å². The lowest BCUT2D eigenvalue weighted by molar-refractivity contribution is 0.661. The van der Waals surface area contributed by atoms with E-state index < -0.39 is 0 Å². The van der Waals surface area contributed by atoms with Crippen molar-refractivity contribution in [1.29, 1.82) is 0 Å². The Morgan fingerprint density at radius 3 is 1.98 bits per heavy atom. The third kappa shape index (κ3) is 3.99. The highest BCUT2D eigenvalue weighted by molar-refractivity contribution is 7.27. The van der Waals surface area contributed by atoms with Crippen LogP contribution in [0.15, 0.2) is 152 Å². The fourth-order valence-electron chi connectivity index (χ4n) is 7.40. The van der Waals surface area contributed by atoms with E-state index in [1.807, 2.05) is 11.3 Å². The molecule has 8 aromatic rings. The summed E-state index contributed by atoms with van der Waals surface area (Å²) >= 11 is 1.95. The SMILES string of the molecule is CC1(C)c2ccccc2-c2c1ccc1c2sc2c(-c3ccc(N(c4ccccc4)c4ccc5ccccc5c4)cc3)cccc21. The molecule has 0 amide bonds. The van der Waals surface area contributed by atoms with E-state index in [-0.39, 0.29) is 5.41 Å². The molecule has 9 rings (SSSR count). The number of anilines is 3. The summed E-state index contributed by atoms with van der Waals surface area (Å²) in [6.07, 6.45) is 0. The van der Waals surface area contributed by atoms with Crippen molar-refractivity contribution in [1.82, 2.24) is 0 Å². The van der Waals surface area contributed by atoms with Crippen LogP contribution in [0.5, 0.6) is 0 Å². The quantitative estimate of drug-likeness (QED) is 0.196. The van der Waals surface area contributed by atoms with Gasteiger partial charge in [0.15, 0.2) is 0 Å². The van der Waals surface area contributed by atoms with Gasteiger partial charge in [-0.1, -0.05) is 129 Å². The fraction of sp³-hybridized carbons (Fsp3) is 0.0698. The Balaban J connectivity index is 1.18. The lowest BCUT2D eigenvalue weighted by atomic mass is 9.82. The summed E-state index contributed by atoms with van der Waals surface area (Å²) in [5.74, 6) is 0. The van der Waals surface area contributed by atoms with Gasteiger partial charge >= 0.3 is 0 Å². The Labute approximate surface area is 267 Å². The highest BCUT2D eigenvalue weighted by Crippen LogP contribution is 2.54. The predicted molar refractivity (Wildman–Crippen MR) is 195 cm³/mol. The molecule has 0 aliphatic heterocycles. The minimum Gasteiger partial charge on any atom is -0.310 e. The highest BCUT2D eigenvalue weighted by atomic mass is 32.1. The van der Waals surface area contributed by atoms with Crippen molar-refractivity contribution in [2.75, 3.05) is 4.90 Å². The first kappa shape index (κ1) is 26.2. The van der Waals surface area contributed by atoms with E-state index in [1.54, 1.807) is 0 Å². The van der Waals surface area contributed by atoms with E-state index >= 15 is 0 Å². The van der Waals surface area contributed by atoms with Gasteiger partial charge in [0.1, 0.15) is 0 Å². The molecule has 1 nitrogen and oxygen atoms in total. The van der Waals surface area contributed by atoms with Crippen molar-refractivity contribution < 1.29 is 0 Å². The molecular weight excluding hydrogens is 563 g/mol. The van der Waals surface area contributed by atoms with Gasteiger partial charge in [0.05, 0.1) is 0 Å². The van der Waals surface area contributed by atoms with Crippen LogP contribution in [0.1, 0.15) is 25.0 Å². The predicted octanol–water partition coefficient (Wildman–Crippen LogP) is 12.7. The van der Waals surface area contributed by atoms with Crippen molar-refractivity contribution in [3.05, 3.63) is 163 Å². The Morgan fingerprint density at radius 2 is 1.13 bits per heavy atom. The summed E-state index contributed by atoms with van der Waals surface area (Å²) in [5, 5.41) is 5.18. The molecule has 2 heteroatoms. The Hall–Kier alpha value is -5.18. The Bertz CT molecular complexity index is 2400. The van der Waals surface area contributed by atoms with Crippen LogP contribution in [-0.2, 0) is 5.41 Å². The van der Waals surface area contributed by atoms with E-state index in [0.717, 1.165) is 17.1 Å². The topological polar surface area (TPSA) is 3.24 Å². The first-order valence-corrected chi connectivity index (χ1v) is 16.4. The summed E-state index contributed by atoms with van der Waals surface area (Å²) in [5.41, 5.74) is 11.6. The maximum atomic E-state index is 2.37. The average Bonchev–Trinajstić information content (AvgIpc) is 3.58. The van der Waals surface area contributed by atoms with Gasteiger partial charge in [-0.2, -0.15) is 0 Å². The molecule has 1 aliphatic rings. The van der Waals surface area contributed by atoms with Gasteiger partial charge in [-0.15, -0.1) is 11.3 Å². The molecule has 1 aliphatic carbocycles. The molecule has 0 unspecified atom stereocenters. The maximum absolute atomic E-state index is 2.37. The number of thiophene rings is 1. The average molecular weight is 594 g/mol. The first-order valence-electron chi connectivity index (χ1n) is 15.6. The first-order chi connectivity index (χ1) is 22.1. The summed E-state index contributed by atoms with van der Waals surface area (Å²) in [6, 6.07) is 55.5. The maximum Gasteiger partial charge on any atom is 0.0468 e. The minimum atomic E-state index is 0.00458. The van der Waals surface area contributed by atoms with Crippen molar-refractivity contribution in [2.45, 2.75) is 19.3 Å². The minimum absolute atomic E-state index is 0.00458. The Kier molecular flexibility index (Phi) is 5.78. The molecule has 7 aromatic carbocycles. The second-order valence-corrected chi connectivity index (χ2v) is 13.6. The normalized spacial score (nSPS) is 13.3. The van der Waals surface area contributed by atoms with Crippen LogP contribution in [-0.4, -0.2) is 0 Å². The van der Waals surface area contributed by atoms with Crippen LogP contribution in [0.2, 0.25) is 0 Å². The fourth-order valence-corrected chi connectivity index (χ4v) is 8.80. The number of nitrogens with zero attached hydrogens (tertiary/aromatic N) is 1. The van der Waals surface area contributed by atoms with Gasteiger partial charge in [0.2, 0.25) is 0 Å². The second-order valence-electron chi connectivity index (χ2n) is 12.6. The van der Waals surface area contributed by atoms with Gasteiger partial charge in [-0.05, 0) is 75.0 Å². The number of hydrogen-bond donors (Lipinski definition) is 0. The van der Waals surface area contributed by atoms with Gasteiger partial charge in [-0.25, -0.2) is 0 Å². The third-order valence-electron chi connectivity index (χ3n) is 9.65. The zero-order valence-electron chi connectivity index (χ0n) is 25.3. The molecular formula is C43H31NS. The smallest absolute Gasteiger partial charge is 0.0468 e. The van der Waals surface area contributed by atoms with Crippen LogP contribution in [0, 0.1) is 0 Å². The molecule has 0 saturated heterocycles. The van der Waals surface area contributed by atoms with Crippen molar-refractivity contribution >= 4 is 59.3 Å². The van der Waals surface area contributed by atoms with Crippen molar-refractivity contribution in [3.8, 4) is 22.3 Å². The number of para-hydroxylation sites is 1. The number of rotatable bonds is 4. The van der Waals surface area contributed by atoms with E-state index in [1.165, 1.54) is 64.3 Å². The molecule has 0 N–H and O–H groups in total. The number of hydrogen-bond acceptors (Lipinski definition) is 2. The van der Waals surface area contributed by atoms with Crippen LogP contribution >= 0.6 is 11.3 Å². The second kappa shape index (κ2) is 9.92. The Morgan fingerprint density at radius 1 is 0.467 bits per heavy atom. The largest absolute Gasteiger partial charge is 0.310 e. The van der Waals surface area contributed by atoms with Crippen LogP contribution in [0.4, 0.5) is 17.1 Å². The molecule has 45 heavy (non-hydrogen) atoms. The summed E-state index contributed by atoms with van der Waals surface area (Å²) < 4.78 is 2.75. The zero-order valence-corrected chi connectivity index (χ0v) is 26.1.